The largest absolute Gasteiger partial charge is 0.494 e. The highest BCUT2D eigenvalue weighted by Crippen LogP contribution is 2.23. The van der Waals surface area contributed by atoms with Gasteiger partial charge in [-0.1, -0.05) is 0 Å². The van der Waals surface area contributed by atoms with Gasteiger partial charge in [-0.15, -0.1) is 0 Å². The fraction of sp³-hybridized carbons (Fsp3) is 0.350. The van der Waals surface area contributed by atoms with E-state index < -0.39 is 0 Å². The molecule has 2 aromatic rings. The zero-order valence-corrected chi connectivity index (χ0v) is 14.9. The van der Waals surface area contributed by atoms with E-state index in [4.69, 9.17) is 9.73 Å². The summed E-state index contributed by atoms with van der Waals surface area (Å²) in [6.07, 6.45) is 3.50. The van der Waals surface area contributed by atoms with Crippen LogP contribution in [0.15, 0.2) is 53.5 Å². The van der Waals surface area contributed by atoms with Crippen molar-refractivity contribution in [2.45, 2.75) is 26.2 Å². The molecule has 26 heavy (non-hydrogen) atoms. The third kappa shape index (κ3) is 4.39. The quantitative estimate of drug-likeness (QED) is 0.342. The van der Waals surface area contributed by atoms with Crippen LogP contribution in [0.5, 0.6) is 5.75 Å². The second-order valence-electron chi connectivity index (χ2n) is 6.21. The van der Waals surface area contributed by atoms with Crippen LogP contribution in [-0.2, 0) is 0 Å². The zero-order valence-electron chi connectivity index (χ0n) is 14.9. The highest BCUT2D eigenvalue weighted by atomic mass is 16.6. The Labute approximate surface area is 153 Å². The molecule has 1 aliphatic heterocycles. The van der Waals surface area contributed by atoms with Gasteiger partial charge in [0.15, 0.2) is 0 Å². The van der Waals surface area contributed by atoms with Gasteiger partial charge >= 0.3 is 0 Å². The summed E-state index contributed by atoms with van der Waals surface area (Å²) >= 11 is 0. The molecule has 3 rings (SSSR count). The van der Waals surface area contributed by atoms with E-state index in [9.17, 15) is 10.1 Å². The first-order valence-electron chi connectivity index (χ1n) is 8.98. The van der Waals surface area contributed by atoms with E-state index in [-0.39, 0.29) is 10.6 Å². The minimum absolute atomic E-state index is 0.0906. The third-order valence-electron chi connectivity index (χ3n) is 4.37. The number of rotatable bonds is 5. The lowest BCUT2D eigenvalue weighted by atomic mass is 10.1. The predicted molar refractivity (Wildman–Crippen MR) is 102 cm³/mol. The third-order valence-corrected chi connectivity index (χ3v) is 4.37. The Morgan fingerprint density at radius 1 is 1.08 bits per heavy atom. The lowest BCUT2D eigenvalue weighted by Crippen LogP contribution is -2.36. The molecular formula is C20H23N3O3. The Bertz CT molecular complexity index is 764. The number of hydrogen-bond donors (Lipinski definition) is 0. The zero-order chi connectivity index (χ0) is 18.4. The Balaban J connectivity index is 1.92. The maximum absolute atomic E-state index is 10.9. The van der Waals surface area contributed by atoms with E-state index in [1.807, 2.05) is 31.2 Å². The van der Waals surface area contributed by atoms with E-state index in [2.05, 4.69) is 4.90 Å². The number of amidine groups is 1. The Morgan fingerprint density at radius 2 is 1.73 bits per heavy atom. The van der Waals surface area contributed by atoms with Crippen LogP contribution < -0.4 is 4.74 Å². The molecule has 0 radical (unpaired) electrons. The Kier molecular flexibility index (Phi) is 5.84. The molecule has 1 saturated heterocycles. The van der Waals surface area contributed by atoms with Gasteiger partial charge in [-0.25, -0.2) is 4.99 Å². The fourth-order valence-corrected chi connectivity index (χ4v) is 3.06. The van der Waals surface area contributed by atoms with Gasteiger partial charge in [0.2, 0.25) is 0 Å². The fourth-order valence-electron chi connectivity index (χ4n) is 3.06. The molecule has 6 heteroatoms. The number of likely N-dealkylation sites (tertiary alicyclic amines) is 1. The molecule has 0 aromatic heterocycles. The molecule has 0 aliphatic carbocycles. The van der Waals surface area contributed by atoms with Crippen LogP contribution in [0.1, 0.15) is 31.7 Å². The van der Waals surface area contributed by atoms with Gasteiger partial charge in [-0.3, -0.25) is 10.1 Å². The monoisotopic (exact) mass is 353 g/mol. The van der Waals surface area contributed by atoms with Crippen LogP contribution in [-0.4, -0.2) is 35.4 Å². The van der Waals surface area contributed by atoms with Crippen LogP contribution in [0.4, 0.5) is 11.4 Å². The number of nitrogens with zero attached hydrogens (tertiary/aromatic N) is 3. The first-order chi connectivity index (χ1) is 12.7. The van der Waals surface area contributed by atoms with Crippen molar-refractivity contribution < 1.29 is 9.66 Å². The standard InChI is InChI=1S/C20H23N3O3/c1-2-26-19-12-8-17(9-13-19)21-20(22-14-4-3-5-15-22)16-6-10-18(11-7-16)23(24)25/h6-13H,2-5,14-15H2,1H3. The first-order valence-corrected chi connectivity index (χ1v) is 8.98. The smallest absolute Gasteiger partial charge is 0.269 e. The van der Waals surface area contributed by atoms with Crippen molar-refractivity contribution in [3.8, 4) is 5.75 Å². The highest BCUT2D eigenvalue weighted by molar-refractivity contribution is 6.00. The first kappa shape index (κ1) is 17.9. The second-order valence-corrected chi connectivity index (χ2v) is 6.21. The van der Waals surface area contributed by atoms with Crippen LogP contribution in [0.3, 0.4) is 0 Å². The molecule has 1 heterocycles. The highest BCUT2D eigenvalue weighted by Gasteiger charge is 2.18. The van der Waals surface area contributed by atoms with Crippen molar-refractivity contribution in [3.63, 3.8) is 0 Å². The molecule has 0 amide bonds. The van der Waals surface area contributed by atoms with Crippen LogP contribution in [0.2, 0.25) is 0 Å². The number of hydrogen-bond acceptors (Lipinski definition) is 4. The van der Waals surface area contributed by atoms with Gasteiger partial charge in [0, 0.05) is 30.8 Å². The molecule has 136 valence electrons. The number of non-ortho nitro benzene ring substituents is 1. The summed E-state index contributed by atoms with van der Waals surface area (Å²) in [5.41, 5.74) is 1.83. The molecule has 2 aromatic carbocycles. The summed E-state index contributed by atoms with van der Waals surface area (Å²) in [7, 11) is 0. The van der Waals surface area contributed by atoms with Gasteiger partial charge in [-0.2, -0.15) is 0 Å². The van der Waals surface area contributed by atoms with E-state index in [1.54, 1.807) is 12.1 Å². The maximum atomic E-state index is 10.9. The van der Waals surface area contributed by atoms with Crippen molar-refractivity contribution >= 4 is 17.2 Å². The van der Waals surface area contributed by atoms with Crippen molar-refractivity contribution in [1.29, 1.82) is 0 Å². The normalized spacial score (nSPS) is 15.0. The van der Waals surface area contributed by atoms with Crippen molar-refractivity contribution in [2.24, 2.45) is 4.99 Å². The van der Waals surface area contributed by atoms with Gasteiger partial charge in [0.25, 0.3) is 5.69 Å². The lowest BCUT2D eigenvalue weighted by molar-refractivity contribution is -0.384. The minimum atomic E-state index is -0.381. The summed E-state index contributed by atoms with van der Waals surface area (Å²) in [5, 5.41) is 10.9. The van der Waals surface area contributed by atoms with E-state index >= 15 is 0 Å². The number of ether oxygens (including phenoxy) is 1. The van der Waals surface area contributed by atoms with Gasteiger partial charge in [0.05, 0.1) is 17.2 Å². The molecule has 0 N–H and O–H groups in total. The summed E-state index contributed by atoms with van der Waals surface area (Å²) in [6.45, 7) is 4.49. The molecule has 0 bridgehead atoms. The predicted octanol–water partition coefficient (Wildman–Crippen LogP) is 4.56. The summed E-state index contributed by atoms with van der Waals surface area (Å²) in [5.74, 6) is 1.69. The number of nitro benzene ring substituents is 1. The van der Waals surface area contributed by atoms with Gasteiger partial charge in [0.1, 0.15) is 11.6 Å². The molecule has 0 atom stereocenters. The minimum Gasteiger partial charge on any atom is -0.494 e. The van der Waals surface area contributed by atoms with Crippen LogP contribution >= 0.6 is 0 Å². The molecule has 1 aliphatic rings. The summed E-state index contributed by atoms with van der Waals surface area (Å²) in [4.78, 5) is 17.6. The molecular weight excluding hydrogens is 330 g/mol. The lowest BCUT2D eigenvalue weighted by Gasteiger charge is -2.30. The number of aliphatic imine (C=N–C) groups is 1. The number of piperidine rings is 1. The Morgan fingerprint density at radius 3 is 2.31 bits per heavy atom. The summed E-state index contributed by atoms with van der Waals surface area (Å²) < 4.78 is 5.48. The van der Waals surface area contributed by atoms with Crippen LogP contribution in [0, 0.1) is 10.1 Å². The number of benzene rings is 2. The molecule has 1 fully saturated rings. The van der Waals surface area contributed by atoms with Crippen molar-refractivity contribution in [3.05, 3.63) is 64.2 Å². The average Bonchev–Trinajstić information content (AvgIpc) is 2.68. The SMILES string of the molecule is CCOc1ccc(N=C(c2ccc([N+](=O)[O-])cc2)N2CCCCC2)cc1. The van der Waals surface area contributed by atoms with E-state index in [0.29, 0.717) is 6.61 Å². The number of nitro groups is 1. The molecule has 0 unspecified atom stereocenters. The molecule has 0 saturated carbocycles. The maximum Gasteiger partial charge on any atom is 0.269 e. The van der Waals surface area contributed by atoms with Crippen LogP contribution in [0.25, 0.3) is 0 Å². The molecule has 6 nitrogen and oxygen atoms in total. The van der Waals surface area contributed by atoms with E-state index in [0.717, 1.165) is 48.8 Å². The molecule has 0 spiro atoms. The van der Waals surface area contributed by atoms with Gasteiger partial charge in [-0.05, 0) is 62.6 Å². The second kappa shape index (κ2) is 8.47. The average molecular weight is 353 g/mol. The summed E-state index contributed by atoms with van der Waals surface area (Å²) in [6, 6.07) is 14.3. The van der Waals surface area contributed by atoms with E-state index in [1.165, 1.54) is 18.6 Å². The van der Waals surface area contributed by atoms with Crippen molar-refractivity contribution in [2.75, 3.05) is 19.7 Å². The Hall–Kier alpha value is -2.89. The van der Waals surface area contributed by atoms with Gasteiger partial charge < -0.3 is 9.64 Å². The van der Waals surface area contributed by atoms with Crippen molar-refractivity contribution in [1.82, 2.24) is 4.90 Å². The topological polar surface area (TPSA) is 68.0 Å².